The molecule has 2 aliphatic carbocycles. The molecule has 6 heteroatoms. The van der Waals surface area contributed by atoms with Crippen molar-refractivity contribution in [3.8, 4) is 0 Å². The van der Waals surface area contributed by atoms with Gasteiger partial charge in [0.15, 0.2) is 5.65 Å². The van der Waals surface area contributed by atoms with E-state index in [0.717, 1.165) is 17.8 Å². The van der Waals surface area contributed by atoms with Crippen LogP contribution in [-0.4, -0.2) is 51.4 Å². The van der Waals surface area contributed by atoms with Gasteiger partial charge in [0.25, 0.3) is 5.91 Å². The molecule has 1 atom stereocenters. The Hall–Kier alpha value is -1.95. The van der Waals surface area contributed by atoms with Crippen LogP contribution in [0.2, 0.25) is 0 Å². The zero-order valence-electron chi connectivity index (χ0n) is 16.6. The molecule has 3 aliphatic rings. The van der Waals surface area contributed by atoms with Crippen LogP contribution in [0.5, 0.6) is 0 Å². The first-order valence-electron chi connectivity index (χ1n) is 11.1. The second kappa shape index (κ2) is 7.82. The van der Waals surface area contributed by atoms with Gasteiger partial charge in [-0.2, -0.15) is 0 Å². The van der Waals surface area contributed by atoms with Gasteiger partial charge in [0.05, 0.1) is 17.5 Å². The Morgan fingerprint density at radius 3 is 2.68 bits per heavy atom. The topological polar surface area (TPSA) is 73.9 Å². The van der Waals surface area contributed by atoms with Gasteiger partial charge in [-0.15, -0.1) is 0 Å². The molecule has 2 saturated carbocycles. The fourth-order valence-corrected chi connectivity index (χ4v) is 4.99. The van der Waals surface area contributed by atoms with Crippen molar-refractivity contribution < 1.29 is 4.79 Å². The molecular formula is C22H31N5O. The molecule has 0 unspecified atom stereocenters. The Kier molecular flexibility index (Phi) is 5.05. The molecule has 0 aromatic carbocycles. The number of nitrogens with zero attached hydrogens (tertiary/aromatic N) is 3. The van der Waals surface area contributed by atoms with Crippen LogP contribution in [0.1, 0.15) is 79.8 Å². The standard InChI is InChI=1S/C22H31N5O/c28-22(17-12-23-21-20(17)25-18(13-24-21)16-8-9-16)26-19(14-27-10-4-5-11-27)15-6-2-1-3-7-15/h12-13,15-16,19H,1-11,14H2,(H,23,24)(H,26,28)/t19-/m0/s1. The summed E-state index contributed by atoms with van der Waals surface area (Å²) in [5, 5.41) is 3.40. The van der Waals surface area contributed by atoms with Gasteiger partial charge in [0.1, 0.15) is 5.52 Å². The lowest BCUT2D eigenvalue weighted by molar-refractivity contribution is 0.0896. The number of fused-ring (bicyclic) bond motifs is 1. The Labute approximate surface area is 166 Å². The summed E-state index contributed by atoms with van der Waals surface area (Å²) in [6.07, 6.45) is 15.0. The molecule has 2 aromatic rings. The normalized spacial score (nSPS) is 22.6. The maximum Gasteiger partial charge on any atom is 0.255 e. The van der Waals surface area contributed by atoms with Gasteiger partial charge in [0.2, 0.25) is 0 Å². The number of hydrogen-bond acceptors (Lipinski definition) is 4. The van der Waals surface area contributed by atoms with E-state index in [-0.39, 0.29) is 11.9 Å². The molecule has 3 heterocycles. The number of H-pyrrole nitrogens is 1. The lowest BCUT2D eigenvalue weighted by Crippen LogP contribution is -2.48. The van der Waals surface area contributed by atoms with Crippen molar-refractivity contribution in [2.24, 2.45) is 5.92 Å². The van der Waals surface area contributed by atoms with E-state index in [1.807, 2.05) is 6.20 Å². The molecule has 0 bridgehead atoms. The zero-order chi connectivity index (χ0) is 18.9. The van der Waals surface area contributed by atoms with Gasteiger partial charge < -0.3 is 15.2 Å². The van der Waals surface area contributed by atoms with Crippen molar-refractivity contribution in [2.45, 2.75) is 69.7 Å². The number of nitrogens with one attached hydrogen (secondary N) is 2. The number of likely N-dealkylation sites (tertiary alicyclic amines) is 1. The summed E-state index contributed by atoms with van der Waals surface area (Å²) < 4.78 is 0. The van der Waals surface area contributed by atoms with E-state index in [9.17, 15) is 4.79 Å². The van der Waals surface area contributed by atoms with Crippen molar-refractivity contribution in [1.29, 1.82) is 0 Å². The maximum atomic E-state index is 13.2. The van der Waals surface area contributed by atoms with Crippen LogP contribution < -0.4 is 5.32 Å². The molecule has 1 amide bonds. The molecule has 0 spiro atoms. The van der Waals surface area contributed by atoms with Gasteiger partial charge in [-0.05, 0) is 57.5 Å². The minimum Gasteiger partial charge on any atom is -0.348 e. The fraction of sp³-hybridized carbons (Fsp3) is 0.682. The van der Waals surface area contributed by atoms with Crippen molar-refractivity contribution in [1.82, 2.24) is 25.2 Å². The lowest BCUT2D eigenvalue weighted by Gasteiger charge is -2.33. The molecule has 150 valence electrons. The molecule has 28 heavy (non-hydrogen) atoms. The molecule has 3 fully saturated rings. The smallest absolute Gasteiger partial charge is 0.255 e. The Morgan fingerprint density at radius 2 is 1.93 bits per heavy atom. The average molecular weight is 382 g/mol. The Bertz CT molecular complexity index is 831. The summed E-state index contributed by atoms with van der Waals surface area (Å²) in [7, 11) is 0. The first kappa shape index (κ1) is 18.1. The monoisotopic (exact) mass is 381 g/mol. The molecular weight excluding hydrogens is 350 g/mol. The van der Waals surface area contributed by atoms with E-state index in [1.54, 1.807) is 6.20 Å². The van der Waals surface area contributed by atoms with Gasteiger partial charge in [-0.1, -0.05) is 19.3 Å². The predicted octanol–water partition coefficient (Wildman–Crippen LogP) is 3.61. The highest BCUT2D eigenvalue weighted by molar-refractivity contribution is 6.04. The molecule has 1 saturated heterocycles. The molecule has 2 aromatic heterocycles. The largest absolute Gasteiger partial charge is 0.348 e. The fourth-order valence-electron chi connectivity index (χ4n) is 4.99. The number of amides is 1. The van der Waals surface area contributed by atoms with Gasteiger partial charge >= 0.3 is 0 Å². The second-order valence-corrected chi connectivity index (χ2v) is 8.95. The van der Waals surface area contributed by atoms with Crippen molar-refractivity contribution in [3.05, 3.63) is 23.7 Å². The van der Waals surface area contributed by atoms with Gasteiger partial charge in [-0.25, -0.2) is 9.97 Å². The van der Waals surface area contributed by atoms with E-state index in [0.29, 0.717) is 23.0 Å². The first-order valence-corrected chi connectivity index (χ1v) is 11.1. The van der Waals surface area contributed by atoms with Crippen LogP contribution in [0.3, 0.4) is 0 Å². The molecule has 1 aliphatic heterocycles. The Morgan fingerprint density at radius 1 is 1.14 bits per heavy atom. The lowest BCUT2D eigenvalue weighted by atomic mass is 9.83. The zero-order valence-corrected chi connectivity index (χ0v) is 16.6. The van der Waals surface area contributed by atoms with Crippen LogP contribution in [-0.2, 0) is 0 Å². The van der Waals surface area contributed by atoms with E-state index in [1.165, 1.54) is 70.9 Å². The third kappa shape index (κ3) is 3.79. The number of rotatable bonds is 6. The minimum absolute atomic E-state index is 0.00303. The average Bonchev–Trinajstić information content (AvgIpc) is 3.29. The SMILES string of the molecule is O=C(N[C@@H](CN1CCCC1)C1CCCCC1)c1c[nH]c2ncc(C3CC3)nc12. The van der Waals surface area contributed by atoms with Crippen LogP contribution in [0.4, 0.5) is 0 Å². The number of carbonyl (C=O) groups is 1. The van der Waals surface area contributed by atoms with E-state index in [2.05, 4.69) is 20.2 Å². The third-order valence-corrected chi connectivity index (χ3v) is 6.83. The van der Waals surface area contributed by atoms with E-state index in [4.69, 9.17) is 4.98 Å². The van der Waals surface area contributed by atoms with E-state index >= 15 is 0 Å². The number of carbonyl (C=O) groups excluding carboxylic acids is 1. The summed E-state index contributed by atoms with van der Waals surface area (Å²) in [6, 6.07) is 0.232. The van der Waals surface area contributed by atoms with Crippen molar-refractivity contribution >= 4 is 17.1 Å². The van der Waals surface area contributed by atoms with Crippen molar-refractivity contribution in [2.75, 3.05) is 19.6 Å². The summed E-state index contributed by atoms with van der Waals surface area (Å²) in [4.78, 5) is 28.2. The van der Waals surface area contributed by atoms with Crippen LogP contribution >= 0.6 is 0 Å². The highest BCUT2D eigenvalue weighted by Gasteiger charge is 2.30. The Balaban J connectivity index is 1.36. The maximum absolute atomic E-state index is 13.2. The summed E-state index contributed by atoms with van der Waals surface area (Å²) in [5.41, 5.74) is 3.11. The predicted molar refractivity (Wildman–Crippen MR) is 109 cm³/mol. The van der Waals surface area contributed by atoms with Gasteiger partial charge in [0, 0.05) is 24.7 Å². The van der Waals surface area contributed by atoms with Crippen LogP contribution in [0, 0.1) is 5.92 Å². The highest BCUT2D eigenvalue weighted by Crippen LogP contribution is 2.39. The summed E-state index contributed by atoms with van der Waals surface area (Å²) in [5.74, 6) is 1.13. The van der Waals surface area contributed by atoms with E-state index < -0.39 is 0 Å². The second-order valence-electron chi connectivity index (χ2n) is 8.95. The molecule has 0 radical (unpaired) electrons. The summed E-state index contributed by atoms with van der Waals surface area (Å²) in [6.45, 7) is 3.32. The quantitative estimate of drug-likeness (QED) is 0.802. The number of aromatic amines is 1. The number of aromatic nitrogens is 3. The summed E-state index contributed by atoms with van der Waals surface area (Å²) >= 11 is 0. The third-order valence-electron chi connectivity index (χ3n) is 6.83. The minimum atomic E-state index is 0.00303. The van der Waals surface area contributed by atoms with Crippen molar-refractivity contribution in [3.63, 3.8) is 0 Å². The number of hydrogen-bond donors (Lipinski definition) is 2. The molecule has 2 N–H and O–H groups in total. The molecule has 5 rings (SSSR count). The van der Waals surface area contributed by atoms with Crippen LogP contribution in [0.25, 0.3) is 11.2 Å². The van der Waals surface area contributed by atoms with Gasteiger partial charge in [-0.3, -0.25) is 4.79 Å². The van der Waals surface area contributed by atoms with Crippen LogP contribution in [0.15, 0.2) is 12.4 Å². The highest BCUT2D eigenvalue weighted by atomic mass is 16.1. The first-order chi connectivity index (χ1) is 13.8. The molecule has 6 nitrogen and oxygen atoms in total.